The number of fused-ring (bicyclic) bond motifs is 1. The maximum atomic E-state index is 11.3. The molecule has 0 radical (unpaired) electrons. The van der Waals surface area contributed by atoms with Gasteiger partial charge in [-0.15, -0.1) is 0 Å². The number of imidazole rings is 2. The van der Waals surface area contributed by atoms with Gasteiger partial charge in [-0.05, 0) is 17.7 Å². The van der Waals surface area contributed by atoms with Crippen LogP contribution in [0.4, 0.5) is 0 Å². The van der Waals surface area contributed by atoms with Gasteiger partial charge >= 0.3 is 5.69 Å². The first-order chi connectivity index (χ1) is 9.19. The van der Waals surface area contributed by atoms with Crippen LogP contribution in [0.5, 0.6) is 0 Å². The zero-order chi connectivity index (χ0) is 13.4. The Hall–Kier alpha value is -2.34. The highest BCUT2D eigenvalue weighted by Crippen LogP contribution is 2.24. The second-order valence-corrected chi connectivity index (χ2v) is 4.57. The van der Waals surface area contributed by atoms with Crippen molar-refractivity contribution < 1.29 is 0 Å². The van der Waals surface area contributed by atoms with E-state index in [4.69, 9.17) is 5.73 Å². The molecule has 0 aliphatic rings. The van der Waals surface area contributed by atoms with Crippen LogP contribution in [0.2, 0.25) is 0 Å². The lowest BCUT2D eigenvalue weighted by Gasteiger charge is -2.15. The summed E-state index contributed by atoms with van der Waals surface area (Å²) in [6.07, 6.45) is 3.66. The molecule has 0 bridgehead atoms. The van der Waals surface area contributed by atoms with E-state index in [-0.39, 0.29) is 11.6 Å². The Bertz CT molecular complexity index is 767. The molecule has 0 aliphatic carbocycles. The van der Waals surface area contributed by atoms with Crippen LogP contribution in [-0.2, 0) is 7.05 Å². The Morgan fingerprint density at radius 3 is 2.84 bits per heavy atom. The van der Waals surface area contributed by atoms with Gasteiger partial charge in [0, 0.05) is 26.0 Å². The number of aromatic amines is 2. The molecule has 6 nitrogen and oxygen atoms in total. The van der Waals surface area contributed by atoms with Crippen LogP contribution < -0.4 is 11.4 Å². The predicted octanol–water partition coefficient (Wildman–Crippen LogP) is 0.680. The van der Waals surface area contributed by atoms with Crippen LogP contribution in [0.25, 0.3) is 11.0 Å². The molecule has 2 heterocycles. The first kappa shape index (κ1) is 11.7. The summed E-state index contributed by atoms with van der Waals surface area (Å²) in [5.74, 6) is 0.933. The fourth-order valence-electron chi connectivity index (χ4n) is 2.37. The van der Waals surface area contributed by atoms with Crippen molar-refractivity contribution in [2.24, 2.45) is 12.8 Å². The number of nitrogens with one attached hydrogen (secondary N) is 2. The highest BCUT2D eigenvalue weighted by Gasteiger charge is 2.17. The van der Waals surface area contributed by atoms with E-state index in [0.29, 0.717) is 6.54 Å². The van der Waals surface area contributed by atoms with E-state index in [2.05, 4.69) is 15.0 Å². The molecule has 98 valence electrons. The Morgan fingerprint density at radius 1 is 1.37 bits per heavy atom. The molecule has 19 heavy (non-hydrogen) atoms. The second kappa shape index (κ2) is 4.40. The van der Waals surface area contributed by atoms with Gasteiger partial charge in [0.05, 0.1) is 17.0 Å². The largest absolute Gasteiger partial charge is 0.337 e. The summed E-state index contributed by atoms with van der Waals surface area (Å²) in [6.45, 7) is 0.463. The highest BCUT2D eigenvalue weighted by molar-refractivity contribution is 5.75. The van der Waals surface area contributed by atoms with E-state index in [9.17, 15) is 4.79 Å². The van der Waals surface area contributed by atoms with Gasteiger partial charge in [-0.1, -0.05) is 6.07 Å². The summed E-state index contributed by atoms with van der Waals surface area (Å²) in [5.41, 5.74) is 8.30. The van der Waals surface area contributed by atoms with Crippen LogP contribution in [-0.4, -0.2) is 26.1 Å². The minimum Gasteiger partial charge on any atom is -0.337 e. The van der Waals surface area contributed by atoms with Crippen LogP contribution in [0.1, 0.15) is 17.3 Å². The zero-order valence-corrected chi connectivity index (χ0v) is 10.6. The van der Waals surface area contributed by atoms with Crippen LogP contribution in [0, 0.1) is 0 Å². The standard InChI is InChI=1S/C13H15N5O/c1-18-5-4-15-12(18)9(7-14)8-2-3-10-11(6-8)17-13(19)16-10/h2-6,9H,7,14H2,1H3,(H2,16,17,19). The number of aryl methyl sites for hydroxylation is 1. The molecular formula is C13H15N5O. The van der Waals surface area contributed by atoms with Crippen molar-refractivity contribution in [1.82, 2.24) is 19.5 Å². The number of benzene rings is 1. The minimum atomic E-state index is -0.201. The van der Waals surface area contributed by atoms with Gasteiger partial charge in [-0.2, -0.15) is 0 Å². The molecule has 3 rings (SSSR count). The second-order valence-electron chi connectivity index (χ2n) is 4.57. The van der Waals surface area contributed by atoms with E-state index < -0.39 is 0 Å². The average molecular weight is 257 g/mol. The molecule has 1 aromatic carbocycles. The number of hydrogen-bond donors (Lipinski definition) is 3. The Labute approximate surface area is 109 Å². The van der Waals surface area contributed by atoms with Gasteiger partial charge in [0.25, 0.3) is 0 Å². The first-order valence-electron chi connectivity index (χ1n) is 6.08. The molecule has 1 atom stereocenters. The lowest BCUT2D eigenvalue weighted by atomic mass is 9.98. The molecule has 0 amide bonds. The molecule has 0 saturated heterocycles. The van der Waals surface area contributed by atoms with Gasteiger partial charge in [-0.3, -0.25) is 0 Å². The Morgan fingerprint density at radius 2 is 2.16 bits per heavy atom. The summed E-state index contributed by atoms with van der Waals surface area (Å²) in [7, 11) is 1.95. The average Bonchev–Trinajstić information content (AvgIpc) is 2.95. The van der Waals surface area contributed by atoms with E-state index in [0.717, 1.165) is 22.4 Å². The number of nitrogens with two attached hydrogens (primary N) is 1. The number of nitrogens with zero attached hydrogens (tertiary/aromatic N) is 2. The normalized spacial score (nSPS) is 12.9. The monoisotopic (exact) mass is 257 g/mol. The molecule has 0 aliphatic heterocycles. The maximum Gasteiger partial charge on any atom is 0.323 e. The van der Waals surface area contributed by atoms with Crippen molar-refractivity contribution in [3.8, 4) is 0 Å². The van der Waals surface area contributed by atoms with Gasteiger partial charge in [0.15, 0.2) is 0 Å². The lowest BCUT2D eigenvalue weighted by molar-refractivity contribution is 0.699. The fraction of sp³-hybridized carbons (Fsp3) is 0.231. The number of hydrogen-bond acceptors (Lipinski definition) is 3. The molecule has 3 aromatic rings. The molecular weight excluding hydrogens is 242 g/mol. The smallest absolute Gasteiger partial charge is 0.323 e. The summed E-state index contributed by atoms with van der Waals surface area (Å²) >= 11 is 0. The van der Waals surface area contributed by atoms with E-state index in [1.807, 2.05) is 36.0 Å². The summed E-state index contributed by atoms with van der Waals surface area (Å²) < 4.78 is 1.96. The van der Waals surface area contributed by atoms with Crippen molar-refractivity contribution in [3.05, 3.63) is 52.5 Å². The summed E-state index contributed by atoms with van der Waals surface area (Å²) in [5, 5.41) is 0. The molecule has 0 saturated carbocycles. The maximum absolute atomic E-state index is 11.3. The van der Waals surface area contributed by atoms with Crippen molar-refractivity contribution in [3.63, 3.8) is 0 Å². The SMILES string of the molecule is Cn1ccnc1C(CN)c1ccc2[nH]c(=O)[nH]c2c1. The quantitative estimate of drug-likeness (QED) is 0.644. The minimum absolute atomic E-state index is 0.0165. The lowest BCUT2D eigenvalue weighted by Crippen LogP contribution is -2.17. The summed E-state index contributed by atoms with van der Waals surface area (Å²) in [4.78, 5) is 21.1. The van der Waals surface area contributed by atoms with E-state index in [1.165, 1.54) is 0 Å². The van der Waals surface area contributed by atoms with Crippen LogP contribution in [0.3, 0.4) is 0 Å². The Kier molecular flexibility index (Phi) is 2.72. The van der Waals surface area contributed by atoms with Gasteiger partial charge in [0.1, 0.15) is 5.82 Å². The molecule has 2 aromatic heterocycles. The summed E-state index contributed by atoms with van der Waals surface area (Å²) in [6, 6.07) is 5.80. The fourth-order valence-corrected chi connectivity index (χ4v) is 2.37. The van der Waals surface area contributed by atoms with Gasteiger partial charge < -0.3 is 20.3 Å². The third kappa shape index (κ3) is 1.96. The third-order valence-electron chi connectivity index (χ3n) is 3.35. The zero-order valence-electron chi connectivity index (χ0n) is 10.6. The third-order valence-corrected chi connectivity index (χ3v) is 3.35. The molecule has 0 fully saturated rings. The molecule has 0 spiro atoms. The van der Waals surface area contributed by atoms with Gasteiger partial charge in [-0.25, -0.2) is 9.78 Å². The van der Waals surface area contributed by atoms with E-state index >= 15 is 0 Å². The van der Waals surface area contributed by atoms with Crippen molar-refractivity contribution >= 4 is 11.0 Å². The van der Waals surface area contributed by atoms with Crippen molar-refractivity contribution in [2.75, 3.05) is 6.54 Å². The topological polar surface area (TPSA) is 92.5 Å². The number of aromatic nitrogens is 4. The van der Waals surface area contributed by atoms with Crippen molar-refractivity contribution in [2.45, 2.75) is 5.92 Å². The first-order valence-corrected chi connectivity index (χ1v) is 6.08. The van der Waals surface area contributed by atoms with E-state index in [1.54, 1.807) is 6.20 Å². The van der Waals surface area contributed by atoms with Gasteiger partial charge in [0.2, 0.25) is 0 Å². The predicted molar refractivity (Wildman–Crippen MR) is 73.0 cm³/mol. The number of H-pyrrole nitrogens is 2. The Balaban J connectivity index is 2.11. The van der Waals surface area contributed by atoms with Crippen molar-refractivity contribution in [1.29, 1.82) is 0 Å². The van der Waals surface area contributed by atoms with Crippen LogP contribution in [0.15, 0.2) is 35.4 Å². The molecule has 6 heteroatoms. The molecule has 4 N–H and O–H groups in total. The van der Waals surface area contributed by atoms with Crippen LogP contribution >= 0.6 is 0 Å². The molecule has 1 unspecified atom stereocenters. The highest BCUT2D eigenvalue weighted by atomic mass is 16.1. The number of rotatable bonds is 3.